The van der Waals surface area contributed by atoms with E-state index in [-0.39, 0.29) is 5.92 Å². The van der Waals surface area contributed by atoms with E-state index in [1.54, 1.807) is 6.20 Å². The summed E-state index contributed by atoms with van der Waals surface area (Å²) in [6.45, 7) is 3.06. The fourth-order valence-electron chi connectivity index (χ4n) is 5.56. The molecule has 7 nitrogen and oxygen atoms in total. The Morgan fingerprint density at radius 3 is 2.57 bits per heavy atom. The van der Waals surface area contributed by atoms with Crippen molar-refractivity contribution in [3.63, 3.8) is 0 Å². The normalized spacial score (nSPS) is 23.6. The van der Waals surface area contributed by atoms with Gasteiger partial charge < -0.3 is 21.1 Å². The number of nitrogens with two attached hydrogens (primary N) is 1. The lowest BCUT2D eigenvalue weighted by Crippen LogP contribution is -2.37. The van der Waals surface area contributed by atoms with Gasteiger partial charge in [0.05, 0.1) is 5.71 Å². The first-order valence-corrected chi connectivity index (χ1v) is 13.1. The summed E-state index contributed by atoms with van der Waals surface area (Å²) in [5, 5.41) is 16.2. The van der Waals surface area contributed by atoms with Crippen molar-refractivity contribution in [2.75, 3.05) is 46.1 Å². The molecule has 1 saturated heterocycles. The van der Waals surface area contributed by atoms with Gasteiger partial charge in [-0.05, 0) is 88.8 Å². The second-order valence-electron chi connectivity index (χ2n) is 10.3. The average Bonchev–Trinajstić information content (AvgIpc) is 2.89. The summed E-state index contributed by atoms with van der Waals surface area (Å²) >= 11 is 0. The van der Waals surface area contributed by atoms with Gasteiger partial charge in [-0.3, -0.25) is 9.89 Å². The van der Waals surface area contributed by atoms with E-state index in [1.807, 2.05) is 19.3 Å². The molecule has 1 saturated carbocycles. The summed E-state index contributed by atoms with van der Waals surface area (Å²) in [6.07, 6.45) is 11.1. The third-order valence-corrected chi connectivity index (χ3v) is 7.82. The number of aliphatic imine (C=N–C) groups is 1. The van der Waals surface area contributed by atoms with Crippen molar-refractivity contribution in [3.8, 4) is 0 Å². The van der Waals surface area contributed by atoms with Crippen molar-refractivity contribution in [3.05, 3.63) is 42.2 Å². The quantitative estimate of drug-likeness (QED) is 0.393. The molecule has 0 amide bonds. The molecule has 190 valence electrons. The molecular formula is C28H42N6O. The lowest BCUT2D eigenvalue weighted by atomic mass is 9.84. The maximum Gasteiger partial charge on any atom is 0.128 e. The SMILES string of the molecule is CN=C(CN1CCCCC1)C(=CN)c1ccc2cnc(NC(O)C3CCC(N(C)C)CC3)cc2c1. The number of hydrogen-bond acceptors (Lipinski definition) is 7. The molecule has 0 bridgehead atoms. The topological polar surface area (TPSA) is 90.0 Å². The van der Waals surface area contributed by atoms with E-state index < -0.39 is 6.23 Å². The fraction of sp³-hybridized carbons (Fsp3) is 0.571. The fourth-order valence-corrected chi connectivity index (χ4v) is 5.56. The van der Waals surface area contributed by atoms with Crippen molar-refractivity contribution < 1.29 is 5.11 Å². The Morgan fingerprint density at radius 2 is 1.91 bits per heavy atom. The first-order valence-electron chi connectivity index (χ1n) is 13.1. The Bertz CT molecular complexity index is 1030. The predicted molar refractivity (Wildman–Crippen MR) is 147 cm³/mol. The van der Waals surface area contributed by atoms with E-state index in [2.05, 4.69) is 57.4 Å². The number of likely N-dealkylation sites (tertiary alicyclic amines) is 1. The van der Waals surface area contributed by atoms with Gasteiger partial charge in [0.25, 0.3) is 0 Å². The average molecular weight is 479 g/mol. The molecule has 4 rings (SSSR count). The zero-order chi connectivity index (χ0) is 24.8. The number of aliphatic hydroxyl groups is 1. The molecule has 0 radical (unpaired) electrons. The molecule has 7 heteroatoms. The Labute approximate surface area is 210 Å². The molecule has 1 atom stereocenters. The van der Waals surface area contributed by atoms with Crippen molar-refractivity contribution in [1.29, 1.82) is 0 Å². The highest BCUT2D eigenvalue weighted by atomic mass is 16.3. The lowest BCUT2D eigenvalue weighted by molar-refractivity contribution is 0.0848. The first kappa shape index (κ1) is 25.6. The van der Waals surface area contributed by atoms with Crippen LogP contribution in [0.4, 0.5) is 5.82 Å². The van der Waals surface area contributed by atoms with Crippen LogP contribution in [0.15, 0.2) is 41.7 Å². The summed E-state index contributed by atoms with van der Waals surface area (Å²) in [6, 6.07) is 8.96. The van der Waals surface area contributed by atoms with E-state index >= 15 is 0 Å². The molecule has 1 aliphatic heterocycles. The van der Waals surface area contributed by atoms with E-state index in [0.29, 0.717) is 11.9 Å². The van der Waals surface area contributed by atoms with Crippen molar-refractivity contribution >= 4 is 27.9 Å². The third-order valence-electron chi connectivity index (χ3n) is 7.82. The number of nitrogens with one attached hydrogen (secondary N) is 1. The Balaban J connectivity index is 1.47. The Hall–Kier alpha value is -2.48. The van der Waals surface area contributed by atoms with Crippen LogP contribution in [0, 0.1) is 5.92 Å². The van der Waals surface area contributed by atoms with E-state index in [0.717, 1.165) is 72.9 Å². The van der Waals surface area contributed by atoms with Gasteiger partial charge in [0.1, 0.15) is 12.0 Å². The van der Waals surface area contributed by atoms with Crippen LogP contribution in [-0.2, 0) is 0 Å². The minimum Gasteiger partial charge on any atom is -0.404 e. The van der Waals surface area contributed by atoms with Gasteiger partial charge >= 0.3 is 0 Å². The Kier molecular flexibility index (Phi) is 8.76. The number of nitrogens with zero attached hydrogens (tertiary/aromatic N) is 4. The maximum atomic E-state index is 10.9. The summed E-state index contributed by atoms with van der Waals surface area (Å²) in [4.78, 5) is 13.9. The number of rotatable bonds is 8. The van der Waals surface area contributed by atoms with Crippen LogP contribution in [0.3, 0.4) is 0 Å². The van der Waals surface area contributed by atoms with Crippen molar-refractivity contribution in [2.24, 2.45) is 16.6 Å². The van der Waals surface area contributed by atoms with E-state index in [1.165, 1.54) is 19.3 Å². The molecule has 2 heterocycles. The summed E-state index contributed by atoms with van der Waals surface area (Å²) < 4.78 is 0. The molecule has 2 aromatic rings. The zero-order valence-electron chi connectivity index (χ0n) is 21.6. The number of benzene rings is 1. The second kappa shape index (κ2) is 12.0. The van der Waals surface area contributed by atoms with Gasteiger partial charge in [-0.1, -0.05) is 18.6 Å². The molecule has 0 spiro atoms. The van der Waals surface area contributed by atoms with Gasteiger partial charge in [0, 0.05) is 48.9 Å². The molecule has 35 heavy (non-hydrogen) atoms. The van der Waals surface area contributed by atoms with Gasteiger partial charge in [-0.2, -0.15) is 0 Å². The summed E-state index contributed by atoms with van der Waals surface area (Å²) in [5.41, 5.74) is 9.16. The molecule has 2 fully saturated rings. The minimum atomic E-state index is -0.589. The monoisotopic (exact) mass is 478 g/mol. The first-order chi connectivity index (χ1) is 17.0. The maximum absolute atomic E-state index is 10.9. The van der Waals surface area contributed by atoms with Crippen LogP contribution in [0.5, 0.6) is 0 Å². The number of fused-ring (bicyclic) bond motifs is 1. The third kappa shape index (κ3) is 6.40. The van der Waals surface area contributed by atoms with Crippen LogP contribution in [0.1, 0.15) is 50.5 Å². The summed E-state index contributed by atoms with van der Waals surface area (Å²) in [5.74, 6) is 0.952. The van der Waals surface area contributed by atoms with E-state index in [9.17, 15) is 5.11 Å². The van der Waals surface area contributed by atoms with Crippen LogP contribution in [-0.4, -0.2) is 78.6 Å². The van der Waals surface area contributed by atoms with Crippen LogP contribution in [0.25, 0.3) is 16.3 Å². The molecule has 1 unspecified atom stereocenters. The van der Waals surface area contributed by atoms with Crippen LogP contribution < -0.4 is 11.1 Å². The highest BCUT2D eigenvalue weighted by molar-refractivity contribution is 6.25. The van der Waals surface area contributed by atoms with Gasteiger partial charge in [0.15, 0.2) is 0 Å². The van der Waals surface area contributed by atoms with Crippen LogP contribution in [0.2, 0.25) is 0 Å². The standard InChI is InChI=1S/C28H42N6O/c1-30-26(19-34-13-5-4-6-14-34)25(17-29)21-7-8-22-18-31-27(16-23(22)15-21)32-28(35)20-9-11-24(12-10-20)33(2)3/h7-8,15-18,20,24,28,35H,4-6,9-14,19,29H2,1-3H3,(H,31,32). The molecule has 1 aromatic heterocycles. The van der Waals surface area contributed by atoms with Gasteiger partial charge in [-0.15, -0.1) is 0 Å². The highest BCUT2D eigenvalue weighted by Crippen LogP contribution is 2.30. The molecular weight excluding hydrogens is 436 g/mol. The van der Waals surface area contributed by atoms with E-state index in [4.69, 9.17) is 5.73 Å². The Morgan fingerprint density at radius 1 is 1.17 bits per heavy atom. The van der Waals surface area contributed by atoms with Crippen molar-refractivity contribution in [1.82, 2.24) is 14.8 Å². The molecule has 1 aromatic carbocycles. The van der Waals surface area contributed by atoms with Gasteiger partial charge in [-0.25, -0.2) is 4.98 Å². The van der Waals surface area contributed by atoms with Gasteiger partial charge in [0.2, 0.25) is 0 Å². The predicted octanol–water partition coefficient (Wildman–Crippen LogP) is 3.94. The number of aromatic nitrogens is 1. The summed E-state index contributed by atoms with van der Waals surface area (Å²) in [7, 11) is 6.13. The number of piperidine rings is 1. The number of anilines is 1. The zero-order valence-corrected chi connectivity index (χ0v) is 21.6. The second-order valence-corrected chi connectivity index (χ2v) is 10.3. The van der Waals surface area contributed by atoms with Crippen LogP contribution >= 0.6 is 0 Å². The van der Waals surface area contributed by atoms with Crippen molar-refractivity contribution in [2.45, 2.75) is 57.2 Å². The molecule has 2 aliphatic rings. The number of hydrogen-bond donors (Lipinski definition) is 3. The number of aliphatic hydroxyl groups excluding tert-OH is 1. The smallest absolute Gasteiger partial charge is 0.128 e. The minimum absolute atomic E-state index is 0.250. The molecule has 1 aliphatic carbocycles. The molecule has 4 N–H and O–H groups in total. The lowest BCUT2D eigenvalue weighted by Gasteiger charge is -2.34. The largest absolute Gasteiger partial charge is 0.404 e. The number of pyridine rings is 1. The highest BCUT2D eigenvalue weighted by Gasteiger charge is 2.27.